The van der Waals surface area contributed by atoms with Gasteiger partial charge in [-0.1, -0.05) is 6.92 Å². The van der Waals surface area contributed by atoms with Crippen molar-refractivity contribution in [2.45, 2.75) is 19.4 Å². The number of nitrogens with zero attached hydrogens (tertiary/aromatic N) is 1. The monoisotopic (exact) mass is 244 g/mol. The number of ether oxygens (including phenoxy) is 1. The SMILES string of the molecule is CCC(N)c1cc(OC)ncc1Br. The molecule has 0 spiro atoms. The van der Waals surface area contributed by atoms with Gasteiger partial charge in [-0.05, 0) is 27.9 Å². The fraction of sp³-hybridized carbons (Fsp3) is 0.444. The number of aromatic nitrogens is 1. The van der Waals surface area contributed by atoms with E-state index in [0.29, 0.717) is 5.88 Å². The molecular weight excluding hydrogens is 232 g/mol. The summed E-state index contributed by atoms with van der Waals surface area (Å²) in [4.78, 5) is 4.05. The lowest BCUT2D eigenvalue weighted by molar-refractivity contribution is 0.396. The molecule has 0 aliphatic rings. The molecule has 1 aromatic heterocycles. The van der Waals surface area contributed by atoms with Crippen LogP contribution in [0.3, 0.4) is 0 Å². The van der Waals surface area contributed by atoms with E-state index in [1.54, 1.807) is 13.3 Å². The summed E-state index contributed by atoms with van der Waals surface area (Å²) < 4.78 is 5.95. The van der Waals surface area contributed by atoms with Crippen LogP contribution in [0.1, 0.15) is 24.9 Å². The summed E-state index contributed by atoms with van der Waals surface area (Å²) in [6, 6.07) is 1.89. The van der Waals surface area contributed by atoms with Crippen molar-refractivity contribution in [1.82, 2.24) is 4.98 Å². The van der Waals surface area contributed by atoms with Crippen LogP contribution in [0.25, 0.3) is 0 Å². The number of halogens is 1. The van der Waals surface area contributed by atoms with Crippen molar-refractivity contribution < 1.29 is 4.74 Å². The van der Waals surface area contributed by atoms with Crippen molar-refractivity contribution in [3.8, 4) is 5.88 Å². The maximum Gasteiger partial charge on any atom is 0.213 e. The zero-order valence-corrected chi connectivity index (χ0v) is 9.34. The molecule has 0 amide bonds. The van der Waals surface area contributed by atoms with Crippen LogP contribution in [0.4, 0.5) is 0 Å². The van der Waals surface area contributed by atoms with Gasteiger partial charge in [-0.25, -0.2) is 4.98 Å². The quantitative estimate of drug-likeness (QED) is 0.888. The molecule has 72 valence electrons. The van der Waals surface area contributed by atoms with Crippen LogP contribution in [0.5, 0.6) is 5.88 Å². The molecule has 0 aliphatic heterocycles. The summed E-state index contributed by atoms with van der Waals surface area (Å²) in [5.41, 5.74) is 6.94. The molecule has 0 fully saturated rings. The van der Waals surface area contributed by atoms with Gasteiger partial charge in [0.1, 0.15) is 0 Å². The second-order valence-corrected chi connectivity index (χ2v) is 3.62. The first-order valence-corrected chi connectivity index (χ1v) is 4.93. The average Bonchev–Trinajstić information content (AvgIpc) is 2.17. The molecule has 4 heteroatoms. The number of hydrogen-bond donors (Lipinski definition) is 1. The summed E-state index contributed by atoms with van der Waals surface area (Å²) in [7, 11) is 1.59. The van der Waals surface area contributed by atoms with Crippen LogP contribution in [-0.4, -0.2) is 12.1 Å². The number of hydrogen-bond acceptors (Lipinski definition) is 3. The van der Waals surface area contributed by atoms with Gasteiger partial charge in [0.05, 0.1) is 7.11 Å². The Morgan fingerprint density at radius 3 is 2.92 bits per heavy atom. The van der Waals surface area contributed by atoms with E-state index in [4.69, 9.17) is 10.5 Å². The minimum Gasteiger partial charge on any atom is -0.481 e. The molecule has 0 saturated carbocycles. The summed E-state index contributed by atoms with van der Waals surface area (Å²) in [6.07, 6.45) is 2.61. The van der Waals surface area contributed by atoms with Crippen LogP contribution >= 0.6 is 15.9 Å². The maximum atomic E-state index is 5.91. The lowest BCUT2D eigenvalue weighted by Gasteiger charge is -2.11. The molecule has 1 rings (SSSR count). The Bertz CT molecular complexity index is 291. The second-order valence-electron chi connectivity index (χ2n) is 2.76. The highest BCUT2D eigenvalue weighted by Crippen LogP contribution is 2.25. The Morgan fingerprint density at radius 1 is 1.69 bits per heavy atom. The molecular formula is C9H13BrN2O. The Hall–Kier alpha value is -0.610. The normalized spacial score (nSPS) is 12.6. The number of rotatable bonds is 3. The Balaban J connectivity index is 3.03. The Morgan fingerprint density at radius 2 is 2.38 bits per heavy atom. The lowest BCUT2D eigenvalue weighted by atomic mass is 10.1. The van der Waals surface area contributed by atoms with Crippen molar-refractivity contribution in [3.63, 3.8) is 0 Å². The van der Waals surface area contributed by atoms with Gasteiger partial charge >= 0.3 is 0 Å². The van der Waals surface area contributed by atoms with E-state index in [0.717, 1.165) is 16.5 Å². The van der Waals surface area contributed by atoms with Gasteiger partial charge in [0.2, 0.25) is 5.88 Å². The molecule has 0 radical (unpaired) electrons. The molecule has 1 aromatic rings. The lowest BCUT2D eigenvalue weighted by Crippen LogP contribution is -2.09. The second kappa shape index (κ2) is 4.58. The highest BCUT2D eigenvalue weighted by molar-refractivity contribution is 9.10. The van der Waals surface area contributed by atoms with Gasteiger partial charge in [0.15, 0.2) is 0 Å². The fourth-order valence-electron chi connectivity index (χ4n) is 1.05. The van der Waals surface area contributed by atoms with Crippen LogP contribution in [0.15, 0.2) is 16.7 Å². The molecule has 0 saturated heterocycles. The van der Waals surface area contributed by atoms with Gasteiger partial charge in [-0.15, -0.1) is 0 Å². The molecule has 0 aliphatic carbocycles. The number of nitrogens with two attached hydrogens (primary N) is 1. The topological polar surface area (TPSA) is 48.1 Å². The van der Waals surface area contributed by atoms with Crippen molar-refractivity contribution in [2.75, 3.05) is 7.11 Å². The average molecular weight is 245 g/mol. The molecule has 13 heavy (non-hydrogen) atoms. The number of pyridine rings is 1. The molecule has 1 atom stereocenters. The van der Waals surface area contributed by atoms with Gasteiger partial charge in [0.25, 0.3) is 0 Å². The van der Waals surface area contributed by atoms with Gasteiger partial charge in [0, 0.05) is 22.8 Å². The van der Waals surface area contributed by atoms with Gasteiger partial charge in [-0.3, -0.25) is 0 Å². The first-order chi connectivity index (χ1) is 6.19. The van der Waals surface area contributed by atoms with Crippen molar-refractivity contribution >= 4 is 15.9 Å². The Kier molecular flexibility index (Phi) is 3.69. The summed E-state index contributed by atoms with van der Waals surface area (Å²) in [5, 5.41) is 0. The summed E-state index contributed by atoms with van der Waals surface area (Å²) in [6.45, 7) is 2.05. The smallest absolute Gasteiger partial charge is 0.213 e. The third-order valence-corrected chi connectivity index (χ3v) is 2.57. The molecule has 2 N–H and O–H groups in total. The van der Waals surface area contributed by atoms with Crippen LogP contribution in [-0.2, 0) is 0 Å². The standard InChI is InChI=1S/C9H13BrN2O/c1-3-8(11)6-4-9(13-2)12-5-7(6)10/h4-5,8H,3,11H2,1-2H3. The van der Waals surface area contributed by atoms with Crippen LogP contribution < -0.4 is 10.5 Å². The number of methoxy groups -OCH3 is 1. The van der Waals surface area contributed by atoms with E-state index in [1.165, 1.54) is 0 Å². The summed E-state index contributed by atoms with van der Waals surface area (Å²) in [5.74, 6) is 0.599. The van der Waals surface area contributed by atoms with Crippen LogP contribution in [0.2, 0.25) is 0 Å². The van der Waals surface area contributed by atoms with Crippen molar-refractivity contribution in [2.24, 2.45) is 5.73 Å². The highest BCUT2D eigenvalue weighted by atomic mass is 79.9. The largest absolute Gasteiger partial charge is 0.481 e. The fourth-order valence-corrected chi connectivity index (χ4v) is 1.56. The molecule has 0 aromatic carbocycles. The van der Waals surface area contributed by atoms with E-state index in [9.17, 15) is 0 Å². The molecule has 1 heterocycles. The van der Waals surface area contributed by atoms with E-state index < -0.39 is 0 Å². The molecule has 3 nitrogen and oxygen atoms in total. The zero-order chi connectivity index (χ0) is 9.84. The zero-order valence-electron chi connectivity index (χ0n) is 7.75. The van der Waals surface area contributed by atoms with Crippen molar-refractivity contribution in [1.29, 1.82) is 0 Å². The molecule has 0 bridgehead atoms. The van der Waals surface area contributed by atoms with Crippen molar-refractivity contribution in [3.05, 3.63) is 22.3 Å². The van der Waals surface area contributed by atoms with E-state index >= 15 is 0 Å². The maximum absolute atomic E-state index is 5.91. The first-order valence-electron chi connectivity index (χ1n) is 4.14. The predicted molar refractivity (Wildman–Crippen MR) is 55.7 cm³/mol. The highest BCUT2D eigenvalue weighted by Gasteiger charge is 2.09. The third-order valence-electron chi connectivity index (χ3n) is 1.91. The summed E-state index contributed by atoms with van der Waals surface area (Å²) >= 11 is 3.40. The minimum absolute atomic E-state index is 0.0336. The van der Waals surface area contributed by atoms with E-state index in [2.05, 4.69) is 20.9 Å². The first kappa shape index (κ1) is 10.5. The Labute approximate surface area is 86.4 Å². The van der Waals surface area contributed by atoms with Gasteiger partial charge < -0.3 is 10.5 Å². The van der Waals surface area contributed by atoms with E-state index in [1.807, 2.05) is 13.0 Å². The van der Waals surface area contributed by atoms with E-state index in [-0.39, 0.29) is 6.04 Å². The van der Waals surface area contributed by atoms with Gasteiger partial charge in [-0.2, -0.15) is 0 Å². The third kappa shape index (κ3) is 2.42. The van der Waals surface area contributed by atoms with Crippen LogP contribution in [0, 0.1) is 0 Å². The minimum atomic E-state index is 0.0336. The molecule has 1 unspecified atom stereocenters. The predicted octanol–water partition coefficient (Wildman–Crippen LogP) is 2.26.